The fourth-order valence-electron chi connectivity index (χ4n) is 3.33. The fourth-order valence-corrected chi connectivity index (χ4v) is 3.33. The summed E-state index contributed by atoms with van der Waals surface area (Å²) < 4.78 is 5.81. The lowest BCUT2D eigenvalue weighted by molar-refractivity contribution is 0.117. The number of benzene rings is 1. The molecule has 0 bridgehead atoms. The molecule has 1 fully saturated rings. The molecule has 1 aromatic carbocycles. The van der Waals surface area contributed by atoms with E-state index in [-0.39, 0.29) is 0 Å². The number of nitrogens with zero attached hydrogens (tertiary/aromatic N) is 1. The highest BCUT2D eigenvalue weighted by Crippen LogP contribution is 2.34. The Morgan fingerprint density at radius 2 is 2.29 bits per heavy atom. The van der Waals surface area contributed by atoms with Crippen molar-refractivity contribution in [3.63, 3.8) is 0 Å². The highest BCUT2D eigenvalue weighted by atomic mass is 16.5. The Labute approximate surface area is 126 Å². The largest absolute Gasteiger partial charge is 0.378 e. The van der Waals surface area contributed by atoms with Crippen molar-refractivity contribution >= 4 is 10.8 Å². The van der Waals surface area contributed by atoms with E-state index in [4.69, 9.17) is 4.74 Å². The van der Waals surface area contributed by atoms with Gasteiger partial charge in [-0.1, -0.05) is 25.1 Å². The van der Waals surface area contributed by atoms with Gasteiger partial charge in [-0.3, -0.25) is 4.98 Å². The molecule has 1 saturated heterocycles. The summed E-state index contributed by atoms with van der Waals surface area (Å²) in [7, 11) is 0. The lowest BCUT2D eigenvalue weighted by atomic mass is 9.88. The average Bonchev–Trinajstić information content (AvgIpc) is 2.94. The van der Waals surface area contributed by atoms with E-state index in [2.05, 4.69) is 48.4 Å². The van der Waals surface area contributed by atoms with Crippen LogP contribution in [0, 0.1) is 5.92 Å². The van der Waals surface area contributed by atoms with Crippen LogP contribution in [0.1, 0.15) is 38.3 Å². The van der Waals surface area contributed by atoms with Crippen molar-refractivity contribution in [2.45, 2.75) is 38.8 Å². The van der Waals surface area contributed by atoms with Gasteiger partial charge in [0, 0.05) is 29.7 Å². The molecule has 1 aliphatic rings. The van der Waals surface area contributed by atoms with Crippen LogP contribution in [0.2, 0.25) is 0 Å². The molecule has 3 unspecified atom stereocenters. The second kappa shape index (κ2) is 6.54. The van der Waals surface area contributed by atoms with Crippen LogP contribution in [0.3, 0.4) is 0 Å². The van der Waals surface area contributed by atoms with Gasteiger partial charge in [-0.05, 0) is 43.3 Å². The molecular formula is C18H24N2O. The molecule has 3 heteroatoms. The number of pyridine rings is 1. The van der Waals surface area contributed by atoms with Crippen LogP contribution in [-0.4, -0.2) is 24.2 Å². The summed E-state index contributed by atoms with van der Waals surface area (Å²) in [6.07, 6.45) is 6.48. The maximum atomic E-state index is 5.81. The van der Waals surface area contributed by atoms with Gasteiger partial charge >= 0.3 is 0 Å². The number of rotatable bonds is 5. The minimum atomic E-state index is 0.362. The maximum Gasteiger partial charge on any atom is 0.0551 e. The number of hydrogen-bond acceptors (Lipinski definition) is 3. The standard InChI is InChI=1S/C18H24N2O/c1-3-8-20-18(15-10-13(2)21-12-15)17-6-4-5-14-11-19-9-7-16(14)17/h4-7,9,11,13,15,18,20H,3,8,10,12H2,1-2H3. The predicted octanol–water partition coefficient (Wildman–Crippen LogP) is 3.70. The van der Waals surface area contributed by atoms with Crippen molar-refractivity contribution < 1.29 is 4.74 Å². The normalized spacial score (nSPS) is 23.5. The molecule has 2 heterocycles. The molecule has 1 aromatic heterocycles. The van der Waals surface area contributed by atoms with Gasteiger partial charge in [-0.2, -0.15) is 0 Å². The van der Waals surface area contributed by atoms with Crippen molar-refractivity contribution in [1.29, 1.82) is 0 Å². The van der Waals surface area contributed by atoms with Crippen molar-refractivity contribution in [1.82, 2.24) is 10.3 Å². The molecule has 0 saturated carbocycles. The summed E-state index contributed by atoms with van der Waals surface area (Å²) >= 11 is 0. The van der Waals surface area contributed by atoms with Crippen LogP contribution in [0.5, 0.6) is 0 Å². The Kier molecular flexibility index (Phi) is 4.51. The highest BCUT2D eigenvalue weighted by molar-refractivity contribution is 5.85. The van der Waals surface area contributed by atoms with Gasteiger partial charge in [0.05, 0.1) is 12.7 Å². The average molecular weight is 284 g/mol. The van der Waals surface area contributed by atoms with E-state index in [1.807, 2.05) is 12.4 Å². The molecule has 3 atom stereocenters. The summed E-state index contributed by atoms with van der Waals surface area (Å²) in [5, 5.41) is 6.26. The van der Waals surface area contributed by atoms with Crippen molar-refractivity contribution in [2.75, 3.05) is 13.2 Å². The number of ether oxygens (including phenoxy) is 1. The third-order valence-corrected chi connectivity index (χ3v) is 4.36. The summed E-state index contributed by atoms with van der Waals surface area (Å²) in [4.78, 5) is 4.24. The van der Waals surface area contributed by atoms with E-state index in [1.165, 1.54) is 16.3 Å². The SMILES string of the molecule is CCCNC(c1cccc2cnccc12)C1COC(C)C1. The second-order valence-corrected chi connectivity index (χ2v) is 6.02. The molecule has 0 radical (unpaired) electrons. The Morgan fingerprint density at radius 1 is 1.38 bits per heavy atom. The van der Waals surface area contributed by atoms with E-state index in [9.17, 15) is 0 Å². The lowest BCUT2D eigenvalue weighted by Gasteiger charge is -2.25. The zero-order valence-corrected chi connectivity index (χ0v) is 12.9. The zero-order chi connectivity index (χ0) is 14.7. The summed E-state index contributed by atoms with van der Waals surface area (Å²) in [6, 6.07) is 9.01. The van der Waals surface area contributed by atoms with Gasteiger partial charge in [0.1, 0.15) is 0 Å². The fraction of sp³-hybridized carbons (Fsp3) is 0.500. The summed E-state index contributed by atoms with van der Waals surface area (Å²) in [5.41, 5.74) is 1.38. The van der Waals surface area contributed by atoms with Crippen LogP contribution >= 0.6 is 0 Å². The third-order valence-electron chi connectivity index (χ3n) is 4.36. The molecule has 112 valence electrons. The molecule has 0 amide bonds. The highest BCUT2D eigenvalue weighted by Gasteiger charge is 2.31. The Morgan fingerprint density at radius 3 is 3.05 bits per heavy atom. The lowest BCUT2D eigenvalue weighted by Crippen LogP contribution is -2.29. The first-order chi connectivity index (χ1) is 10.3. The first kappa shape index (κ1) is 14.5. The van der Waals surface area contributed by atoms with Crippen LogP contribution in [0.25, 0.3) is 10.8 Å². The molecule has 21 heavy (non-hydrogen) atoms. The third kappa shape index (κ3) is 3.09. The molecular weight excluding hydrogens is 260 g/mol. The van der Waals surface area contributed by atoms with Crippen molar-refractivity contribution in [3.8, 4) is 0 Å². The first-order valence-corrected chi connectivity index (χ1v) is 7.97. The minimum Gasteiger partial charge on any atom is -0.378 e. The monoisotopic (exact) mass is 284 g/mol. The van der Waals surface area contributed by atoms with Crippen LogP contribution in [0.15, 0.2) is 36.7 Å². The van der Waals surface area contributed by atoms with Gasteiger partial charge in [-0.25, -0.2) is 0 Å². The van der Waals surface area contributed by atoms with Gasteiger partial charge in [0.25, 0.3) is 0 Å². The van der Waals surface area contributed by atoms with Crippen LogP contribution in [-0.2, 0) is 4.74 Å². The molecule has 3 nitrogen and oxygen atoms in total. The van der Waals surface area contributed by atoms with E-state index in [1.54, 1.807) is 0 Å². The van der Waals surface area contributed by atoms with Crippen molar-refractivity contribution in [2.24, 2.45) is 5.92 Å². The van der Waals surface area contributed by atoms with Gasteiger partial charge in [-0.15, -0.1) is 0 Å². The second-order valence-electron chi connectivity index (χ2n) is 6.02. The van der Waals surface area contributed by atoms with Crippen LogP contribution < -0.4 is 5.32 Å². The quantitative estimate of drug-likeness (QED) is 0.909. The van der Waals surface area contributed by atoms with Crippen molar-refractivity contribution in [3.05, 3.63) is 42.2 Å². The van der Waals surface area contributed by atoms with E-state index < -0.39 is 0 Å². The zero-order valence-electron chi connectivity index (χ0n) is 12.9. The van der Waals surface area contributed by atoms with Gasteiger partial charge < -0.3 is 10.1 Å². The molecule has 0 spiro atoms. The van der Waals surface area contributed by atoms with Crippen LogP contribution in [0.4, 0.5) is 0 Å². The summed E-state index contributed by atoms with van der Waals surface area (Å²) in [6.45, 7) is 6.27. The van der Waals surface area contributed by atoms with E-state index in [0.717, 1.165) is 26.0 Å². The molecule has 1 aliphatic heterocycles. The van der Waals surface area contributed by atoms with E-state index in [0.29, 0.717) is 18.1 Å². The molecule has 2 aromatic rings. The Bertz CT molecular complexity index is 593. The van der Waals surface area contributed by atoms with Gasteiger partial charge in [0.2, 0.25) is 0 Å². The molecule has 0 aliphatic carbocycles. The Balaban J connectivity index is 1.97. The first-order valence-electron chi connectivity index (χ1n) is 7.97. The smallest absolute Gasteiger partial charge is 0.0551 e. The molecule has 1 N–H and O–H groups in total. The minimum absolute atomic E-state index is 0.362. The number of nitrogens with one attached hydrogen (secondary N) is 1. The summed E-state index contributed by atoms with van der Waals surface area (Å²) in [5.74, 6) is 0.547. The van der Waals surface area contributed by atoms with Gasteiger partial charge in [0.15, 0.2) is 0 Å². The Hall–Kier alpha value is -1.45. The maximum absolute atomic E-state index is 5.81. The van der Waals surface area contributed by atoms with E-state index >= 15 is 0 Å². The number of fused-ring (bicyclic) bond motifs is 1. The number of hydrogen-bond donors (Lipinski definition) is 1. The predicted molar refractivity (Wildman–Crippen MR) is 86.3 cm³/mol. The number of aromatic nitrogens is 1. The molecule has 3 rings (SSSR count). The topological polar surface area (TPSA) is 34.2 Å².